The number of rotatable bonds is 3. The standard InChI is InChI=1S/C22H25N5O2/c1-2-26-8-10-27(11-9-26)22(28)23-21-18-5-3-16(14-19(18)24-25-21)15-4-6-20-17(13-15)7-12-29-20/h3-6,13-14H,2,7-12H2,1H3,(H2,23,24,25,28). The van der Waals surface area contributed by atoms with E-state index in [-0.39, 0.29) is 6.03 Å². The lowest BCUT2D eigenvalue weighted by Gasteiger charge is -2.33. The minimum absolute atomic E-state index is 0.0862. The third-order valence-electron chi connectivity index (χ3n) is 5.92. The van der Waals surface area contributed by atoms with Crippen molar-refractivity contribution in [3.63, 3.8) is 0 Å². The maximum Gasteiger partial charge on any atom is 0.323 e. The number of likely N-dealkylation sites (N-methyl/N-ethyl adjacent to an activating group) is 1. The van der Waals surface area contributed by atoms with Gasteiger partial charge in [0.05, 0.1) is 12.1 Å². The molecule has 0 saturated carbocycles. The Hall–Kier alpha value is -3.06. The number of hydrogen-bond donors (Lipinski definition) is 2. The number of nitrogens with zero attached hydrogens (tertiary/aromatic N) is 3. The molecule has 1 saturated heterocycles. The summed E-state index contributed by atoms with van der Waals surface area (Å²) in [6.45, 7) is 7.26. The van der Waals surface area contributed by atoms with Gasteiger partial charge in [-0.05, 0) is 47.5 Å². The van der Waals surface area contributed by atoms with E-state index in [2.05, 4.69) is 51.6 Å². The fraction of sp³-hybridized carbons (Fsp3) is 0.364. The third-order valence-corrected chi connectivity index (χ3v) is 5.92. The van der Waals surface area contributed by atoms with E-state index < -0.39 is 0 Å². The molecule has 1 aromatic heterocycles. The molecule has 150 valence electrons. The zero-order chi connectivity index (χ0) is 19.8. The molecule has 0 atom stereocenters. The van der Waals surface area contributed by atoms with Gasteiger partial charge < -0.3 is 14.5 Å². The van der Waals surface area contributed by atoms with Gasteiger partial charge in [0.2, 0.25) is 0 Å². The van der Waals surface area contributed by atoms with Gasteiger partial charge in [-0.3, -0.25) is 10.4 Å². The second kappa shape index (κ2) is 7.40. The average molecular weight is 391 g/mol. The fourth-order valence-electron chi connectivity index (χ4n) is 4.11. The van der Waals surface area contributed by atoms with Crippen LogP contribution in [0.25, 0.3) is 22.0 Å². The number of aromatic amines is 1. The number of ether oxygens (including phenoxy) is 1. The summed E-state index contributed by atoms with van der Waals surface area (Å²) in [6, 6.07) is 12.4. The van der Waals surface area contributed by atoms with Gasteiger partial charge in [-0.25, -0.2) is 4.79 Å². The molecule has 2 aliphatic rings. The number of carbonyl (C=O) groups excluding carboxylic acids is 1. The predicted molar refractivity (Wildman–Crippen MR) is 113 cm³/mol. The van der Waals surface area contributed by atoms with Gasteiger partial charge in [0.15, 0.2) is 5.82 Å². The predicted octanol–water partition coefficient (Wildman–Crippen LogP) is 3.33. The minimum atomic E-state index is -0.0862. The average Bonchev–Trinajstić information content (AvgIpc) is 3.39. The van der Waals surface area contributed by atoms with E-state index in [0.29, 0.717) is 5.82 Å². The monoisotopic (exact) mass is 391 g/mol. The Balaban J connectivity index is 1.34. The first-order valence-electron chi connectivity index (χ1n) is 10.2. The summed E-state index contributed by atoms with van der Waals surface area (Å²) in [5.74, 6) is 1.57. The van der Waals surface area contributed by atoms with Crippen LogP contribution in [-0.4, -0.2) is 65.4 Å². The van der Waals surface area contributed by atoms with Crippen molar-refractivity contribution in [3.05, 3.63) is 42.0 Å². The zero-order valence-electron chi connectivity index (χ0n) is 16.6. The maximum absolute atomic E-state index is 12.6. The summed E-state index contributed by atoms with van der Waals surface area (Å²) in [5.41, 5.74) is 4.43. The quantitative estimate of drug-likeness (QED) is 0.718. The molecule has 2 aromatic carbocycles. The van der Waals surface area contributed by atoms with Crippen LogP contribution in [0, 0.1) is 0 Å². The van der Waals surface area contributed by atoms with Crippen LogP contribution in [-0.2, 0) is 6.42 Å². The molecule has 0 spiro atoms. The smallest absolute Gasteiger partial charge is 0.323 e. The first kappa shape index (κ1) is 18.0. The first-order chi connectivity index (χ1) is 14.2. The highest BCUT2D eigenvalue weighted by atomic mass is 16.5. The molecule has 3 aromatic rings. The number of urea groups is 1. The van der Waals surface area contributed by atoms with Gasteiger partial charge in [-0.2, -0.15) is 5.10 Å². The van der Waals surface area contributed by atoms with Crippen LogP contribution in [0.2, 0.25) is 0 Å². The highest BCUT2D eigenvalue weighted by Gasteiger charge is 2.21. The number of anilines is 1. The van der Waals surface area contributed by atoms with Crippen molar-refractivity contribution in [2.45, 2.75) is 13.3 Å². The lowest BCUT2D eigenvalue weighted by molar-refractivity contribution is 0.151. The number of nitrogens with one attached hydrogen (secondary N) is 2. The van der Waals surface area contributed by atoms with Gasteiger partial charge in [0.25, 0.3) is 0 Å². The molecule has 2 amide bonds. The molecule has 0 unspecified atom stereocenters. The first-order valence-corrected chi connectivity index (χ1v) is 10.2. The van der Waals surface area contributed by atoms with Crippen LogP contribution in [0.1, 0.15) is 12.5 Å². The van der Waals surface area contributed by atoms with E-state index in [4.69, 9.17) is 4.74 Å². The molecule has 1 fully saturated rings. The van der Waals surface area contributed by atoms with Gasteiger partial charge >= 0.3 is 6.03 Å². The van der Waals surface area contributed by atoms with Crippen molar-refractivity contribution >= 4 is 22.8 Å². The lowest BCUT2D eigenvalue weighted by Crippen LogP contribution is -2.49. The Bertz CT molecular complexity index is 1050. The van der Waals surface area contributed by atoms with Crippen molar-refractivity contribution in [1.82, 2.24) is 20.0 Å². The molecule has 7 heteroatoms. The second-order valence-electron chi connectivity index (χ2n) is 7.61. The zero-order valence-corrected chi connectivity index (χ0v) is 16.6. The highest BCUT2D eigenvalue weighted by molar-refractivity contribution is 6.00. The van der Waals surface area contributed by atoms with E-state index in [9.17, 15) is 4.79 Å². The van der Waals surface area contributed by atoms with E-state index in [1.807, 2.05) is 17.0 Å². The molecule has 0 aliphatic carbocycles. The normalized spacial score (nSPS) is 16.7. The van der Waals surface area contributed by atoms with Gasteiger partial charge in [0, 0.05) is 38.0 Å². The van der Waals surface area contributed by atoms with Crippen molar-refractivity contribution < 1.29 is 9.53 Å². The molecule has 5 rings (SSSR count). The summed E-state index contributed by atoms with van der Waals surface area (Å²) in [6.07, 6.45) is 0.957. The topological polar surface area (TPSA) is 73.5 Å². The highest BCUT2D eigenvalue weighted by Crippen LogP contribution is 2.32. The number of benzene rings is 2. The van der Waals surface area contributed by atoms with Gasteiger partial charge in [-0.15, -0.1) is 0 Å². The number of hydrogen-bond acceptors (Lipinski definition) is 4. The maximum atomic E-state index is 12.6. The van der Waals surface area contributed by atoms with Crippen LogP contribution in [0.3, 0.4) is 0 Å². The van der Waals surface area contributed by atoms with E-state index in [1.165, 1.54) is 5.56 Å². The van der Waals surface area contributed by atoms with E-state index in [0.717, 1.165) is 73.5 Å². The molecule has 2 aliphatic heterocycles. The second-order valence-corrected chi connectivity index (χ2v) is 7.61. The van der Waals surface area contributed by atoms with Crippen LogP contribution < -0.4 is 10.1 Å². The minimum Gasteiger partial charge on any atom is -0.493 e. The van der Waals surface area contributed by atoms with Crippen LogP contribution in [0.15, 0.2) is 36.4 Å². The number of amides is 2. The largest absolute Gasteiger partial charge is 0.493 e. The number of fused-ring (bicyclic) bond motifs is 2. The van der Waals surface area contributed by atoms with Crippen molar-refractivity contribution in [1.29, 1.82) is 0 Å². The van der Waals surface area contributed by atoms with E-state index in [1.54, 1.807) is 0 Å². The Labute approximate surface area is 169 Å². The number of piperazine rings is 1. The summed E-state index contributed by atoms with van der Waals surface area (Å²) in [5, 5.41) is 11.3. The van der Waals surface area contributed by atoms with Crippen LogP contribution >= 0.6 is 0 Å². The summed E-state index contributed by atoms with van der Waals surface area (Å²) in [7, 11) is 0. The Morgan fingerprint density at radius 3 is 2.76 bits per heavy atom. The molecular formula is C22H25N5O2. The summed E-state index contributed by atoms with van der Waals surface area (Å²) in [4.78, 5) is 16.8. The van der Waals surface area contributed by atoms with Gasteiger partial charge in [-0.1, -0.05) is 19.1 Å². The summed E-state index contributed by atoms with van der Waals surface area (Å²) >= 11 is 0. The lowest BCUT2D eigenvalue weighted by atomic mass is 10.0. The SMILES string of the molecule is CCN1CCN(C(=O)Nc2n[nH]c3cc(-c4ccc5c(c4)CCO5)ccc23)CC1. The molecule has 7 nitrogen and oxygen atoms in total. The van der Waals surface area contributed by atoms with Crippen molar-refractivity contribution in [2.24, 2.45) is 0 Å². The Kier molecular flexibility index (Phi) is 4.60. The van der Waals surface area contributed by atoms with Crippen LogP contribution in [0.5, 0.6) is 5.75 Å². The Morgan fingerprint density at radius 1 is 1.14 bits per heavy atom. The molecular weight excluding hydrogens is 366 g/mol. The third kappa shape index (κ3) is 3.42. The number of carbonyl (C=O) groups is 1. The van der Waals surface area contributed by atoms with Crippen molar-refractivity contribution in [2.75, 3.05) is 44.6 Å². The molecule has 29 heavy (non-hydrogen) atoms. The Morgan fingerprint density at radius 2 is 1.93 bits per heavy atom. The van der Waals surface area contributed by atoms with Crippen molar-refractivity contribution in [3.8, 4) is 16.9 Å². The van der Waals surface area contributed by atoms with Gasteiger partial charge in [0.1, 0.15) is 5.75 Å². The molecule has 0 bridgehead atoms. The molecule has 2 N–H and O–H groups in total. The van der Waals surface area contributed by atoms with Crippen LogP contribution in [0.4, 0.5) is 10.6 Å². The summed E-state index contributed by atoms with van der Waals surface area (Å²) < 4.78 is 5.60. The number of aromatic nitrogens is 2. The van der Waals surface area contributed by atoms with E-state index >= 15 is 0 Å². The molecule has 3 heterocycles. The fourth-order valence-corrected chi connectivity index (χ4v) is 4.11. The number of H-pyrrole nitrogens is 1. The molecule has 0 radical (unpaired) electrons.